The highest BCUT2D eigenvalue weighted by atomic mass is 16.6. The number of aliphatic hydroxyl groups is 1. The Bertz CT molecular complexity index is 736. The summed E-state index contributed by atoms with van der Waals surface area (Å²) in [5.41, 5.74) is 1.66. The minimum absolute atomic E-state index is 0.0822. The Morgan fingerprint density at radius 1 is 0.963 bits per heavy atom. The van der Waals surface area contributed by atoms with E-state index in [1.165, 1.54) is 0 Å². The number of rotatable bonds is 6. The van der Waals surface area contributed by atoms with Gasteiger partial charge in [0.15, 0.2) is 0 Å². The van der Waals surface area contributed by atoms with E-state index in [0.717, 1.165) is 22.6 Å². The minimum atomic E-state index is -0.351. The predicted molar refractivity (Wildman–Crippen MR) is 99.6 cm³/mol. The molecule has 2 aromatic rings. The molecule has 4 rings (SSSR count). The first-order chi connectivity index (χ1) is 13.2. The van der Waals surface area contributed by atoms with E-state index >= 15 is 0 Å². The van der Waals surface area contributed by atoms with Crippen LogP contribution in [0.25, 0.3) is 0 Å². The summed E-state index contributed by atoms with van der Waals surface area (Å²) in [6.45, 7) is 1.10. The lowest BCUT2D eigenvalue weighted by Gasteiger charge is -2.34. The van der Waals surface area contributed by atoms with Gasteiger partial charge in [0.1, 0.15) is 24.0 Å². The molecule has 2 fully saturated rings. The summed E-state index contributed by atoms with van der Waals surface area (Å²) in [6, 6.07) is 15.8. The molecular weight excluding hydrogens is 346 g/mol. The summed E-state index contributed by atoms with van der Waals surface area (Å²) in [6.07, 6.45) is 0.0456. The molecule has 27 heavy (non-hydrogen) atoms. The molecule has 0 saturated carbocycles. The van der Waals surface area contributed by atoms with Crippen molar-refractivity contribution in [3.63, 3.8) is 0 Å². The number of fused-ring (bicyclic) bond motifs is 1. The highest BCUT2D eigenvalue weighted by molar-refractivity contribution is 5.34. The van der Waals surface area contributed by atoms with Crippen LogP contribution >= 0.6 is 0 Å². The maximum atomic E-state index is 9.67. The number of benzene rings is 2. The van der Waals surface area contributed by atoms with Crippen LogP contribution in [0, 0.1) is 0 Å². The fourth-order valence-electron chi connectivity index (χ4n) is 4.03. The summed E-state index contributed by atoms with van der Waals surface area (Å²) in [5.74, 6) is 1.57. The van der Waals surface area contributed by atoms with Crippen LogP contribution in [0.5, 0.6) is 11.5 Å². The van der Waals surface area contributed by atoms with Crippen LogP contribution in [-0.4, -0.2) is 49.6 Å². The fraction of sp³-hybridized carbons (Fsp3) is 0.429. The summed E-state index contributed by atoms with van der Waals surface area (Å²) < 4.78 is 23.2. The molecule has 2 aliphatic heterocycles. The van der Waals surface area contributed by atoms with Crippen molar-refractivity contribution >= 4 is 0 Å². The summed E-state index contributed by atoms with van der Waals surface area (Å²) in [7, 11) is 3.31. The highest BCUT2D eigenvalue weighted by Crippen LogP contribution is 2.50. The monoisotopic (exact) mass is 371 g/mol. The van der Waals surface area contributed by atoms with E-state index in [-0.39, 0.29) is 24.6 Å². The summed E-state index contributed by atoms with van der Waals surface area (Å²) in [5, 5.41) is 9.67. The number of methoxy groups -OCH3 is 2. The third kappa shape index (κ3) is 3.19. The number of aliphatic hydroxyl groups excluding tert-OH is 1. The van der Waals surface area contributed by atoms with Crippen molar-refractivity contribution in [2.24, 2.45) is 0 Å². The van der Waals surface area contributed by atoms with Crippen LogP contribution in [0.4, 0.5) is 0 Å². The normalized spacial score (nSPS) is 27.5. The lowest BCUT2D eigenvalue weighted by molar-refractivity contribution is -0.0624. The van der Waals surface area contributed by atoms with Gasteiger partial charge < -0.3 is 24.1 Å². The lowest BCUT2D eigenvalue weighted by Crippen LogP contribution is -2.45. The second-order valence-electron chi connectivity index (χ2n) is 6.99. The first-order valence-corrected chi connectivity index (χ1v) is 9.11. The lowest BCUT2D eigenvalue weighted by atomic mass is 9.96. The van der Waals surface area contributed by atoms with E-state index in [1.54, 1.807) is 14.2 Å². The molecule has 1 N–H and O–H groups in total. The van der Waals surface area contributed by atoms with Gasteiger partial charge in [0, 0.05) is 6.61 Å². The van der Waals surface area contributed by atoms with Gasteiger partial charge in [-0.1, -0.05) is 24.3 Å². The van der Waals surface area contributed by atoms with E-state index in [9.17, 15) is 5.11 Å². The number of nitrogens with zero attached hydrogens (tertiary/aromatic N) is 1. The van der Waals surface area contributed by atoms with Crippen molar-refractivity contribution in [2.45, 2.75) is 24.4 Å². The zero-order chi connectivity index (χ0) is 18.9. The molecule has 2 aliphatic rings. The Labute approximate surface area is 159 Å². The van der Waals surface area contributed by atoms with Crippen molar-refractivity contribution in [2.75, 3.05) is 34.0 Å². The maximum absolute atomic E-state index is 9.67. The van der Waals surface area contributed by atoms with Crippen molar-refractivity contribution in [3.05, 3.63) is 59.7 Å². The molecule has 3 atom stereocenters. The van der Waals surface area contributed by atoms with Gasteiger partial charge in [0.2, 0.25) is 0 Å². The topological polar surface area (TPSA) is 60.4 Å². The Kier molecular flexibility index (Phi) is 5.06. The molecule has 6 heteroatoms. The Morgan fingerprint density at radius 3 is 1.93 bits per heavy atom. The molecule has 0 bridgehead atoms. The first-order valence-electron chi connectivity index (χ1n) is 9.11. The van der Waals surface area contributed by atoms with Crippen molar-refractivity contribution in [3.8, 4) is 11.5 Å². The molecule has 0 aliphatic carbocycles. The SMILES string of the molecule is COc1cccc(C2OCC3(CCO)CO[C@@H](c4cccc(OC)c4)N23)c1. The van der Waals surface area contributed by atoms with Gasteiger partial charge >= 0.3 is 0 Å². The third-order valence-electron chi connectivity index (χ3n) is 5.41. The second-order valence-corrected chi connectivity index (χ2v) is 6.99. The molecule has 2 saturated heterocycles. The predicted octanol–water partition coefficient (Wildman–Crippen LogP) is 2.88. The molecular formula is C21H25NO5. The summed E-state index contributed by atoms with van der Waals surface area (Å²) >= 11 is 0. The minimum Gasteiger partial charge on any atom is -0.497 e. The van der Waals surface area contributed by atoms with Crippen LogP contribution in [0.3, 0.4) is 0 Å². The van der Waals surface area contributed by atoms with Gasteiger partial charge in [-0.2, -0.15) is 0 Å². The molecule has 0 amide bonds. The van der Waals surface area contributed by atoms with Crippen LogP contribution < -0.4 is 9.47 Å². The number of hydrogen-bond acceptors (Lipinski definition) is 6. The Morgan fingerprint density at radius 2 is 1.48 bits per heavy atom. The largest absolute Gasteiger partial charge is 0.497 e. The van der Waals surface area contributed by atoms with E-state index in [4.69, 9.17) is 18.9 Å². The smallest absolute Gasteiger partial charge is 0.139 e. The highest BCUT2D eigenvalue weighted by Gasteiger charge is 2.56. The second kappa shape index (κ2) is 7.48. The van der Waals surface area contributed by atoms with Gasteiger partial charge in [-0.05, 0) is 41.8 Å². The number of hydrogen-bond donors (Lipinski definition) is 1. The maximum Gasteiger partial charge on any atom is 0.139 e. The first kappa shape index (κ1) is 18.3. The van der Waals surface area contributed by atoms with Gasteiger partial charge in [-0.15, -0.1) is 0 Å². The molecule has 0 radical (unpaired) electrons. The van der Waals surface area contributed by atoms with Gasteiger partial charge in [-0.25, -0.2) is 4.90 Å². The van der Waals surface area contributed by atoms with E-state index < -0.39 is 0 Å². The van der Waals surface area contributed by atoms with Crippen LogP contribution in [0.1, 0.15) is 30.0 Å². The van der Waals surface area contributed by atoms with Crippen molar-refractivity contribution < 1.29 is 24.1 Å². The molecule has 2 aromatic carbocycles. The van der Waals surface area contributed by atoms with Crippen LogP contribution in [0.2, 0.25) is 0 Å². The molecule has 2 heterocycles. The third-order valence-corrected chi connectivity index (χ3v) is 5.41. The average molecular weight is 371 g/mol. The van der Waals surface area contributed by atoms with Crippen molar-refractivity contribution in [1.29, 1.82) is 0 Å². The molecule has 144 valence electrons. The summed E-state index contributed by atoms with van der Waals surface area (Å²) in [4.78, 5) is 2.24. The zero-order valence-electron chi connectivity index (χ0n) is 15.6. The quantitative estimate of drug-likeness (QED) is 0.843. The van der Waals surface area contributed by atoms with Gasteiger partial charge in [-0.3, -0.25) is 0 Å². The van der Waals surface area contributed by atoms with E-state index in [0.29, 0.717) is 19.6 Å². The molecule has 0 aromatic heterocycles. The van der Waals surface area contributed by atoms with E-state index in [2.05, 4.69) is 4.90 Å². The Hall–Kier alpha value is -2.12. The molecule has 6 nitrogen and oxygen atoms in total. The van der Waals surface area contributed by atoms with Crippen LogP contribution in [0.15, 0.2) is 48.5 Å². The van der Waals surface area contributed by atoms with Gasteiger partial charge in [0.05, 0.1) is 33.0 Å². The zero-order valence-corrected chi connectivity index (χ0v) is 15.6. The molecule has 0 spiro atoms. The molecule has 2 unspecified atom stereocenters. The Balaban J connectivity index is 1.73. The fourth-order valence-corrected chi connectivity index (χ4v) is 4.03. The number of ether oxygens (including phenoxy) is 4. The standard InChI is InChI=1S/C21H25NO5/c1-24-17-7-3-5-15(11-17)19-22-20(16-6-4-8-18(12-16)25-2)27-14-21(22,9-10-23)13-26-19/h3-8,11-12,19-20,23H,9-10,13-14H2,1-2H3/t19-,20?,21?/m0/s1. The van der Waals surface area contributed by atoms with Gasteiger partial charge in [0.25, 0.3) is 0 Å². The average Bonchev–Trinajstić information content (AvgIpc) is 3.25. The van der Waals surface area contributed by atoms with E-state index in [1.807, 2.05) is 48.5 Å². The van der Waals surface area contributed by atoms with Crippen LogP contribution in [-0.2, 0) is 9.47 Å². The van der Waals surface area contributed by atoms with Crippen molar-refractivity contribution in [1.82, 2.24) is 4.90 Å².